The lowest BCUT2D eigenvalue weighted by Gasteiger charge is -2.07. The van der Waals surface area contributed by atoms with Crippen LogP contribution in [0.4, 0.5) is 0 Å². The lowest BCUT2D eigenvalue weighted by molar-refractivity contribution is -0.139. The van der Waals surface area contributed by atoms with Gasteiger partial charge in [0, 0.05) is 16.7 Å². The molecule has 0 amide bonds. The first-order chi connectivity index (χ1) is 13.5. The van der Waals surface area contributed by atoms with E-state index in [1.165, 1.54) is 0 Å². The van der Waals surface area contributed by atoms with Crippen LogP contribution in [0.5, 0.6) is 5.75 Å². The fourth-order valence-corrected chi connectivity index (χ4v) is 2.63. The Bertz CT molecular complexity index is 786. The van der Waals surface area contributed by atoms with Crippen LogP contribution >= 0.6 is 0 Å². The summed E-state index contributed by atoms with van der Waals surface area (Å²) < 4.78 is 16.6. The summed E-state index contributed by atoms with van der Waals surface area (Å²) in [6.07, 6.45) is 7.29. The van der Waals surface area contributed by atoms with E-state index in [-0.39, 0.29) is 5.97 Å². The van der Waals surface area contributed by atoms with Crippen LogP contribution in [0.2, 0.25) is 0 Å². The van der Waals surface area contributed by atoms with Crippen LogP contribution in [0.3, 0.4) is 0 Å². The van der Waals surface area contributed by atoms with Gasteiger partial charge in [-0.2, -0.15) is 0 Å². The number of ether oxygens (including phenoxy) is 2. The molecule has 2 aromatic rings. The molecule has 0 unspecified atom stereocenters. The van der Waals surface area contributed by atoms with Crippen LogP contribution in [0.1, 0.15) is 43.9 Å². The minimum absolute atomic E-state index is 0.317. The van der Waals surface area contributed by atoms with Crippen molar-refractivity contribution in [2.45, 2.75) is 32.6 Å². The standard InChI is InChI=1S/C24H28O4/c1-5-19-17-23(28-22(19)6-2)20-11-13-21(14-12-20)26-15-9-7-8-10-16-27-24(25)18(3)4/h5-6,11-14,17H,1-3,7-10,15-16H2,4H3. The van der Waals surface area contributed by atoms with Crippen molar-refractivity contribution >= 4 is 18.1 Å². The van der Waals surface area contributed by atoms with Crippen LogP contribution in [0, 0.1) is 0 Å². The van der Waals surface area contributed by atoms with Gasteiger partial charge in [0.2, 0.25) is 0 Å². The average Bonchev–Trinajstić information content (AvgIpc) is 3.13. The maximum absolute atomic E-state index is 11.2. The number of furan rings is 1. The van der Waals surface area contributed by atoms with Gasteiger partial charge in [0.15, 0.2) is 0 Å². The zero-order valence-electron chi connectivity index (χ0n) is 16.5. The molecule has 1 aromatic heterocycles. The van der Waals surface area contributed by atoms with Crippen molar-refractivity contribution in [1.29, 1.82) is 0 Å². The molecule has 0 saturated heterocycles. The van der Waals surface area contributed by atoms with E-state index < -0.39 is 0 Å². The Kier molecular flexibility index (Phi) is 8.35. The van der Waals surface area contributed by atoms with Crippen LogP contribution in [0.25, 0.3) is 23.5 Å². The summed E-state index contributed by atoms with van der Waals surface area (Å²) in [6, 6.07) is 9.79. The fraction of sp³-hybridized carbons (Fsp3) is 0.292. The largest absolute Gasteiger partial charge is 0.494 e. The fourth-order valence-electron chi connectivity index (χ4n) is 2.63. The number of carbonyl (C=O) groups excluding carboxylic acids is 1. The summed E-state index contributed by atoms with van der Waals surface area (Å²) in [5.41, 5.74) is 2.35. The highest BCUT2D eigenvalue weighted by atomic mass is 16.5. The van der Waals surface area contributed by atoms with Crippen molar-refractivity contribution in [2.75, 3.05) is 13.2 Å². The lowest BCUT2D eigenvalue weighted by Crippen LogP contribution is -2.06. The molecule has 148 valence electrons. The third kappa shape index (κ3) is 6.31. The van der Waals surface area contributed by atoms with Crippen LogP contribution in [-0.4, -0.2) is 19.2 Å². The van der Waals surface area contributed by atoms with Crippen molar-refractivity contribution in [2.24, 2.45) is 0 Å². The molecule has 0 spiro atoms. The minimum atomic E-state index is -0.317. The monoisotopic (exact) mass is 380 g/mol. The second-order valence-corrected chi connectivity index (χ2v) is 6.54. The van der Waals surface area contributed by atoms with E-state index in [9.17, 15) is 4.79 Å². The normalized spacial score (nSPS) is 10.3. The Morgan fingerprint density at radius 1 is 1.04 bits per heavy atom. The molecule has 0 bridgehead atoms. The quantitative estimate of drug-likeness (QED) is 0.247. The molecule has 2 rings (SSSR count). The van der Waals surface area contributed by atoms with Crippen LogP contribution in [0.15, 0.2) is 60.1 Å². The molecule has 0 radical (unpaired) electrons. The van der Waals surface area contributed by atoms with Gasteiger partial charge in [0.1, 0.15) is 17.3 Å². The summed E-state index contributed by atoms with van der Waals surface area (Å²) in [7, 11) is 0. The molecule has 1 aromatic carbocycles. The smallest absolute Gasteiger partial charge is 0.333 e. The number of rotatable bonds is 12. The third-order valence-electron chi connectivity index (χ3n) is 4.22. The van der Waals surface area contributed by atoms with Gasteiger partial charge in [-0.15, -0.1) is 0 Å². The van der Waals surface area contributed by atoms with Gasteiger partial charge in [-0.1, -0.05) is 25.8 Å². The van der Waals surface area contributed by atoms with E-state index in [0.29, 0.717) is 18.8 Å². The van der Waals surface area contributed by atoms with E-state index in [4.69, 9.17) is 13.9 Å². The molecule has 1 heterocycles. The average molecular weight is 380 g/mol. The first-order valence-electron chi connectivity index (χ1n) is 9.49. The molecular formula is C24H28O4. The van der Waals surface area contributed by atoms with Gasteiger partial charge in [-0.05, 0) is 69.0 Å². The SMILES string of the molecule is C=Cc1cc(-c2ccc(OCCCCCCOC(=O)C(=C)C)cc2)oc1C=C. The highest BCUT2D eigenvalue weighted by Crippen LogP contribution is 2.28. The molecule has 0 saturated carbocycles. The summed E-state index contributed by atoms with van der Waals surface area (Å²) in [6.45, 7) is 13.9. The second kappa shape index (κ2) is 11.0. The van der Waals surface area contributed by atoms with E-state index in [0.717, 1.165) is 54.1 Å². The summed E-state index contributed by atoms with van der Waals surface area (Å²) in [4.78, 5) is 11.2. The van der Waals surface area contributed by atoms with Gasteiger partial charge in [-0.3, -0.25) is 0 Å². The molecular weight excluding hydrogens is 352 g/mol. The third-order valence-corrected chi connectivity index (χ3v) is 4.22. The molecule has 0 atom stereocenters. The lowest BCUT2D eigenvalue weighted by atomic mass is 10.1. The number of esters is 1. The summed E-state index contributed by atoms with van der Waals surface area (Å²) in [5, 5.41) is 0. The maximum Gasteiger partial charge on any atom is 0.333 e. The van der Waals surface area contributed by atoms with Gasteiger partial charge in [0.05, 0.1) is 13.2 Å². The van der Waals surface area contributed by atoms with Crippen molar-refractivity contribution < 1.29 is 18.7 Å². The second-order valence-electron chi connectivity index (χ2n) is 6.54. The molecule has 0 aliphatic heterocycles. The predicted molar refractivity (Wildman–Crippen MR) is 114 cm³/mol. The number of benzene rings is 1. The Hall–Kier alpha value is -3.01. The number of hydrogen-bond donors (Lipinski definition) is 0. The molecule has 0 N–H and O–H groups in total. The first kappa shape index (κ1) is 21.3. The first-order valence-corrected chi connectivity index (χ1v) is 9.49. The minimum Gasteiger partial charge on any atom is -0.494 e. The Morgan fingerprint density at radius 2 is 1.71 bits per heavy atom. The molecule has 0 aliphatic carbocycles. The summed E-state index contributed by atoms with van der Waals surface area (Å²) >= 11 is 0. The van der Waals surface area contributed by atoms with E-state index >= 15 is 0 Å². The Labute approximate surface area is 167 Å². The molecule has 0 aliphatic rings. The van der Waals surface area contributed by atoms with Gasteiger partial charge in [0.25, 0.3) is 0 Å². The zero-order chi connectivity index (χ0) is 20.4. The Morgan fingerprint density at radius 3 is 2.29 bits per heavy atom. The van der Waals surface area contributed by atoms with Gasteiger partial charge < -0.3 is 13.9 Å². The summed E-state index contributed by atoms with van der Waals surface area (Å²) in [5.74, 6) is 2.02. The van der Waals surface area contributed by atoms with Gasteiger partial charge in [-0.25, -0.2) is 4.79 Å². The van der Waals surface area contributed by atoms with E-state index in [1.807, 2.05) is 30.3 Å². The zero-order valence-corrected chi connectivity index (χ0v) is 16.5. The number of carbonyl (C=O) groups is 1. The maximum atomic E-state index is 11.2. The number of hydrogen-bond acceptors (Lipinski definition) is 4. The van der Waals surface area contributed by atoms with E-state index in [2.05, 4.69) is 19.7 Å². The predicted octanol–water partition coefficient (Wildman–Crippen LogP) is 6.29. The molecule has 0 fully saturated rings. The van der Waals surface area contributed by atoms with Crippen molar-refractivity contribution in [3.63, 3.8) is 0 Å². The Balaban J connectivity index is 1.68. The highest BCUT2D eigenvalue weighted by Gasteiger charge is 2.08. The highest BCUT2D eigenvalue weighted by molar-refractivity contribution is 5.86. The molecule has 4 nitrogen and oxygen atoms in total. The van der Waals surface area contributed by atoms with Gasteiger partial charge >= 0.3 is 5.97 Å². The van der Waals surface area contributed by atoms with E-state index in [1.54, 1.807) is 19.1 Å². The molecule has 28 heavy (non-hydrogen) atoms. The van der Waals surface area contributed by atoms with Crippen molar-refractivity contribution in [3.8, 4) is 17.1 Å². The van der Waals surface area contributed by atoms with Crippen LogP contribution < -0.4 is 4.74 Å². The molecule has 4 heteroatoms. The van der Waals surface area contributed by atoms with Crippen molar-refractivity contribution in [1.82, 2.24) is 0 Å². The van der Waals surface area contributed by atoms with Crippen molar-refractivity contribution in [3.05, 3.63) is 67.0 Å². The topological polar surface area (TPSA) is 48.7 Å². The van der Waals surface area contributed by atoms with Crippen LogP contribution in [-0.2, 0) is 9.53 Å². The number of unbranched alkanes of at least 4 members (excludes halogenated alkanes) is 3.